The number of rotatable bonds is 6. The minimum absolute atomic E-state index is 0.244. The molecule has 1 nitrogen and oxygen atoms in total. The molecule has 1 unspecified atom stereocenters. The molecular formula is C14H21Cl2N. The van der Waals surface area contributed by atoms with Crippen LogP contribution in [0.3, 0.4) is 0 Å². The average Bonchev–Trinajstić information content (AvgIpc) is 2.27. The lowest BCUT2D eigenvalue weighted by atomic mass is 10.1. The highest BCUT2D eigenvalue weighted by Crippen LogP contribution is 2.26. The van der Waals surface area contributed by atoms with Crippen LogP contribution in [0.1, 0.15) is 45.2 Å². The standard InChI is InChI=1S/C14H21Cl2N/c1-10(2)5-4-8-17-11(3)13-9-12(15)6-7-14(13)16/h6-7,9-11,17H,4-5,8H2,1-3H3. The Morgan fingerprint density at radius 1 is 1.18 bits per heavy atom. The van der Waals surface area contributed by atoms with E-state index in [4.69, 9.17) is 23.2 Å². The van der Waals surface area contributed by atoms with Crippen LogP contribution in [0.4, 0.5) is 0 Å². The van der Waals surface area contributed by atoms with Crippen LogP contribution >= 0.6 is 23.2 Å². The number of nitrogens with one attached hydrogen (secondary N) is 1. The zero-order valence-corrected chi connectivity index (χ0v) is 12.3. The molecule has 1 rings (SSSR count). The van der Waals surface area contributed by atoms with Gasteiger partial charge < -0.3 is 5.32 Å². The normalized spacial score (nSPS) is 13.1. The molecule has 0 bridgehead atoms. The molecule has 3 heteroatoms. The fraction of sp³-hybridized carbons (Fsp3) is 0.571. The van der Waals surface area contributed by atoms with E-state index in [0.29, 0.717) is 0 Å². The SMILES string of the molecule is CC(C)CCCNC(C)c1cc(Cl)ccc1Cl. The Morgan fingerprint density at radius 3 is 2.53 bits per heavy atom. The number of hydrogen-bond donors (Lipinski definition) is 1. The lowest BCUT2D eigenvalue weighted by Gasteiger charge is -2.16. The zero-order chi connectivity index (χ0) is 12.8. The summed E-state index contributed by atoms with van der Waals surface area (Å²) in [5.74, 6) is 0.766. The van der Waals surface area contributed by atoms with Gasteiger partial charge in [0, 0.05) is 16.1 Å². The van der Waals surface area contributed by atoms with Crippen LogP contribution in [0.2, 0.25) is 10.0 Å². The third-order valence-corrected chi connectivity index (χ3v) is 3.41. The quantitative estimate of drug-likeness (QED) is 0.713. The van der Waals surface area contributed by atoms with Crippen molar-refractivity contribution in [3.63, 3.8) is 0 Å². The number of hydrogen-bond acceptors (Lipinski definition) is 1. The molecule has 0 radical (unpaired) electrons. The first-order valence-electron chi connectivity index (χ1n) is 6.19. The van der Waals surface area contributed by atoms with Gasteiger partial charge in [-0.05, 0) is 56.0 Å². The monoisotopic (exact) mass is 273 g/mol. The summed E-state index contributed by atoms with van der Waals surface area (Å²) in [6.07, 6.45) is 2.45. The Hall–Kier alpha value is -0.240. The first kappa shape index (κ1) is 14.8. The van der Waals surface area contributed by atoms with Crippen LogP contribution < -0.4 is 5.32 Å². The maximum absolute atomic E-state index is 6.16. The van der Waals surface area contributed by atoms with E-state index in [0.717, 1.165) is 28.1 Å². The molecule has 0 heterocycles. The van der Waals surface area contributed by atoms with Gasteiger partial charge in [-0.3, -0.25) is 0 Å². The zero-order valence-electron chi connectivity index (χ0n) is 10.8. The van der Waals surface area contributed by atoms with Gasteiger partial charge >= 0.3 is 0 Å². The van der Waals surface area contributed by atoms with E-state index < -0.39 is 0 Å². The van der Waals surface area contributed by atoms with E-state index in [9.17, 15) is 0 Å². The second-order valence-electron chi connectivity index (χ2n) is 4.88. The van der Waals surface area contributed by atoms with Crippen molar-refractivity contribution in [2.45, 2.75) is 39.7 Å². The van der Waals surface area contributed by atoms with Crippen LogP contribution in [0.25, 0.3) is 0 Å². The van der Waals surface area contributed by atoms with Crippen molar-refractivity contribution in [1.82, 2.24) is 5.32 Å². The first-order chi connectivity index (χ1) is 8.00. The van der Waals surface area contributed by atoms with Crippen molar-refractivity contribution in [2.75, 3.05) is 6.54 Å². The van der Waals surface area contributed by atoms with Gasteiger partial charge in [-0.25, -0.2) is 0 Å². The van der Waals surface area contributed by atoms with E-state index in [2.05, 4.69) is 26.1 Å². The van der Waals surface area contributed by atoms with Gasteiger partial charge in [0.2, 0.25) is 0 Å². The molecular weight excluding hydrogens is 253 g/mol. The van der Waals surface area contributed by atoms with Gasteiger partial charge in [-0.15, -0.1) is 0 Å². The molecule has 0 aliphatic carbocycles. The second-order valence-corrected chi connectivity index (χ2v) is 5.72. The number of halogens is 2. The van der Waals surface area contributed by atoms with Crippen LogP contribution in [0, 0.1) is 5.92 Å². The molecule has 1 atom stereocenters. The van der Waals surface area contributed by atoms with Crippen LogP contribution in [-0.4, -0.2) is 6.54 Å². The molecule has 96 valence electrons. The summed E-state index contributed by atoms with van der Waals surface area (Å²) in [5.41, 5.74) is 1.07. The summed E-state index contributed by atoms with van der Waals surface area (Å²) in [6, 6.07) is 5.85. The number of benzene rings is 1. The summed E-state index contributed by atoms with van der Waals surface area (Å²) in [6.45, 7) is 7.63. The maximum atomic E-state index is 6.16. The van der Waals surface area contributed by atoms with Crippen LogP contribution in [0.5, 0.6) is 0 Å². The fourth-order valence-electron chi connectivity index (χ4n) is 1.79. The molecule has 0 spiro atoms. The summed E-state index contributed by atoms with van der Waals surface area (Å²) < 4.78 is 0. The molecule has 0 amide bonds. The van der Waals surface area contributed by atoms with E-state index in [1.165, 1.54) is 12.8 Å². The second kappa shape index (κ2) is 7.25. The minimum Gasteiger partial charge on any atom is -0.310 e. The van der Waals surface area contributed by atoms with Crippen molar-refractivity contribution in [3.05, 3.63) is 33.8 Å². The summed E-state index contributed by atoms with van der Waals surface area (Å²) in [5, 5.41) is 4.99. The average molecular weight is 274 g/mol. The summed E-state index contributed by atoms with van der Waals surface area (Å²) >= 11 is 12.1. The van der Waals surface area contributed by atoms with E-state index in [-0.39, 0.29) is 6.04 Å². The van der Waals surface area contributed by atoms with E-state index in [1.807, 2.05) is 18.2 Å². The Morgan fingerprint density at radius 2 is 1.88 bits per heavy atom. The summed E-state index contributed by atoms with van der Waals surface area (Å²) in [4.78, 5) is 0. The highest BCUT2D eigenvalue weighted by atomic mass is 35.5. The van der Waals surface area contributed by atoms with Gasteiger partial charge in [0.25, 0.3) is 0 Å². The van der Waals surface area contributed by atoms with Gasteiger partial charge in [-0.2, -0.15) is 0 Å². The highest BCUT2D eigenvalue weighted by molar-refractivity contribution is 6.33. The molecule has 0 fully saturated rings. The molecule has 0 aliphatic rings. The molecule has 0 saturated carbocycles. The van der Waals surface area contributed by atoms with Crippen LogP contribution in [-0.2, 0) is 0 Å². The molecule has 17 heavy (non-hydrogen) atoms. The van der Waals surface area contributed by atoms with Crippen molar-refractivity contribution >= 4 is 23.2 Å². The van der Waals surface area contributed by atoms with Gasteiger partial charge in [-0.1, -0.05) is 37.0 Å². The first-order valence-corrected chi connectivity index (χ1v) is 6.94. The predicted octanol–water partition coefficient (Wildman–Crippen LogP) is 5.08. The predicted molar refractivity (Wildman–Crippen MR) is 77.0 cm³/mol. The molecule has 0 aromatic heterocycles. The van der Waals surface area contributed by atoms with Crippen LogP contribution in [0.15, 0.2) is 18.2 Å². The summed E-state index contributed by atoms with van der Waals surface area (Å²) in [7, 11) is 0. The third kappa shape index (κ3) is 5.29. The molecule has 1 aromatic rings. The molecule has 1 aromatic carbocycles. The third-order valence-electron chi connectivity index (χ3n) is 2.83. The molecule has 0 saturated heterocycles. The topological polar surface area (TPSA) is 12.0 Å². The minimum atomic E-state index is 0.244. The fourth-order valence-corrected chi connectivity index (χ4v) is 2.25. The molecule has 0 aliphatic heterocycles. The van der Waals surface area contributed by atoms with Gasteiger partial charge in [0.05, 0.1) is 0 Å². The van der Waals surface area contributed by atoms with Gasteiger partial charge in [0.15, 0.2) is 0 Å². The lowest BCUT2D eigenvalue weighted by molar-refractivity contribution is 0.497. The Kier molecular flexibility index (Phi) is 6.32. The smallest absolute Gasteiger partial charge is 0.0454 e. The van der Waals surface area contributed by atoms with Crippen molar-refractivity contribution in [3.8, 4) is 0 Å². The van der Waals surface area contributed by atoms with E-state index >= 15 is 0 Å². The maximum Gasteiger partial charge on any atom is 0.0454 e. The molecule has 1 N–H and O–H groups in total. The Labute approximate surface area is 115 Å². The van der Waals surface area contributed by atoms with Crippen molar-refractivity contribution in [2.24, 2.45) is 5.92 Å². The largest absolute Gasteiger partial charge is 0.310 e. The Balaban J connectivity index is 2.46. The van der Waals surface area contributed by atoms with E-state index in [1.54, 1.807) is 0 Å². The van der Waals surface area contributed by atoms with Crippen molar-refractivity contribution < 1.29 is 0 Å². The van der Waals surface area contributed by atoms with Gasteiger partial charge in [0.1, 0.15) is 0 Å². The van der Waals surface area contributed by atoms with Crippen molar-refractivity contribution in [1.29, 1.82) is 0 Å². The highest BCUT2D eigenvalue weighted by Gasteiger charge is 2.09. The lowest BCUT2D eigenvalue weighted by Crippen LogP contribution is -2.20. The Bertz CT molecular complexity index is 350.